The lowest BCUT2D eigenvalue weighted by Gasteiger charge is -2.07. The number of para-hydroxylation sites is 1. The van der Waals surface area contributed by atoms with Crippen LogP contribution in [0, 0.1) is 5.92 Å². The SMILES string of the molecule is COC(=O)c1c(-c2cccc(COCC3CC3)c2)nn(-c2ccccc2)c1C(=O)OC. The molecule has 0 spiro atoms. The number of nitrogens with zero attached hydrogens (tertiary/aromatic N) is 2. The summed E-state index contributed by atoms with van der Waals surface area (Å²) >= 11 is 0. The number of benzene rings is 2. The van der Waals surface area contributed by atoms with Gasteiger partial charge in [-0.2, -0.15) is 5.10 Å². The smallest absolute Gasteiger partial charge is 0.357 e. The van der Waals surface area contributed by atoms with Crippen LogP contribution >= 0.6 is 0 Å². The van der Waals surface area contributed by atoms with Gasteiger partial charge in [-0.3, -0.25) is 0 Å². The zero-order valence-corrected chi connectivity index (χ0v) is 17.5. The minimum absolute atomic E-state index is 0.0194. The molecule has 4 rings (SSSR count). The van der Waals surface area contributed by atoms with Crippen LogP contribution in [0.5, 0.6) is 0 Å². The Bertz CT molecular complexity index is 1090. The molecule has 31 heavy (non-hydrogen) atoms. The highest BCUT2D eigenvalue weighted by Crippen LogP contribution is 2.31. The van der Waals surface area contributed by atoms with Gasteiger partial charge in [-0.05, 0) is 42.5 Å². The molecule has 3 aromatic rings. The van der Waals surface area contributed by atoms with Crippen molar-refractivity contribution in [3.8, 4) is 16.9 Å². The van der Waals surface area contributed by atoms with Crippen molar-refractivity contribution in [1.82, 2.24) is 9.78 Å². The first kappa shape index (κ1) is 20.8. The van der Waals surface area contributed by atoms with Gasteiger partial charge in [0.05, 0.1) is 26.5 Å². The number of carbonyl (C=O) groups is 2. The quantitative estimate of drug-likeness (QED) is 0.512. The van der Waals surface area contributed by atoms with E-state index >= 15 is 0 Å². The number of methoxy groups -OCH3 is 2. The third-order valence-corrected chi connectivity index (χ3v) is 5.17. The summed E-state index contributed by atoms with van der Waals surface area (Å²) in [5.41, 5.74) is 2.71. The molecule has 0 unspecified atom stereocenters. The first-order valence-electron chi connectivity index (χ1n) is 10.1. The average molecular weight is 420 g/mol. The van der Waals surface area contributed by atoms with Crippen LogP contribution in [0.1, 0.15) is 39.3 Å². The van der Waals surface area contributed by atoms with Crippen LogP contribution in [0.25, 0.3) is 16.9 Å². The summed E-state index contributed by atoms with van der Waals surface area (Å²) in [5.74, 6) is -0.654. The highest BCUT2D eigenvalue weighted by atomic mass is 16.5. The summed E-state index contributed by atoms with van der Waals surface area (Å²) in [4.78, 5) is 25.4. The molecule has 0 aliphatic heterocycles. The Morgan fingerprint density at radius 2 is 1.74 bits per heavy atom. The van der Waals surface area contributed by atoms with E-state index in [1.165, 1.54) is 31.7 Å². The number of hydrogen-bond acceptors (Lipinski definition) is 6. The summed E-state index contributed by atoms with van der Waals surface area (Å²) < 4.78 is 17.2. The predicted molar refractivity (Wildman–Crippen MR) is 114 cm³/mol. The molecule has 7 heteroatoms. The normalized spacial score (nSPS) is 13.1. The summed E-state index contributed by atoms with van der Waals surface area (Å²) in [6.45, 7) is 1.23. The van der Waals surface area contributed by atoms with Crippen LogP contribution in [-0.2, 0) is 20.8 Å². The molecule has 1 aliphatic rings. The molecule has 0 saturated heterocycles. The fraction of sp³-hybridized carbons (Fsp3) is 0.292. The van der Waals surface area contributed by atoms with Crippen molar-refractivity contribution in [3.05, 3.63) is 71.4 Å². The first-order chi connectivity index (χ1) is 15.1. The summed E-state index contributed by atoms with van der Waals surface area (Å²) in [5, 5.41) is 4.62. The lowest BCUT2D eigenvalue weighted by molar-refractivity contribution is 0.0549. The number of hydrogen-bond donors (Lipinski definition) is 0. The van der Waals surface area contributed by atoms with Crippen LogP contribution < -0.4 is 0 Å². The van der Waals surface area contributed by atoms with Gasteiger partial charge in [0, 0.05) is 12.2 Å². The number of rotatable bonds is 8. The molecule has 2 aromatic carbocycles. The molecule has 0 radical (unpaired) electrons. The van der Waals surface area contributed by atoms with Gasteiger partial charge in [-0.25, -0.2) is 14.3 Å². The summed E-state index contributed by atoms with van der Waals surface area (Å²) in [7, 11) is 2.54. The maximum atomic E-state index is 12.7. The molecule has 1 aliphatic carbocycles. The fourth-order valence-electron chi connectivity index (χ4n) is 3.39. The first-order valence-corrected chi connectivity index (χ1v) is 10.1. The third-order valence-electron chi connectivity index (χ3n) is 5.17. The Hall–Kier alpha value is -3.45. The van der Waals surface area contributed by atoms with E-state index in [1.807, 2.05) is 42.5 Å². The molecule has 1 heterocycles. The molecule has 0 N–H and O–H groups in total. The zero-order valence-electron chi connectivity index (χ0n) is 17.5. The zero-order chi connectivity index (χ0) is 21.8. The van der Waals surface area contributed by atoms with E-state index < -0.39 is 11.9 Å². The van der Waals surface area contributed by atoms with Gasteiger partial charge >= 0.3 is 11.9 Å². The highest BCUT2D eigenvalue weighted by molar-refractivity contribution is 6.06. The maximum absolute atomic E-state index is 12.7. The van der Waals surface area contributed by atoms with Gasteiger partial charge in [0.2, 0.25) is 0 Å². The topological polar surface area (TPSA) is 79.7 Å². The molecule has 160 valence electrons. The monoisotopic (exact) mass is 420 g/mol. The van der Waals surface area contributed by atoms with E-state index in [-0.39, 0.29) is 11.3 Å². The van der Waals surface area contributed by atoms with Crippen LogP contribution in [0.3, 0.4) is 0 Å². The Kier molecular flexibility index (Phi) is 6.13. The highest BCUT2D eigenvalue weighted by Gasteiger charge is 2.31. The minimum Gasteiger partial charge on any atom is -0.465 e. The summed E-state index contributed by atoms with van der Waals surface area (Å²) in [6, 6.07) is 16.7. The molecule has 0 bridgehead atoms. The molecule has 1 fully saturated rings. The van der Waals surface area contributed by atoms with E-state index in [0.717, 1.165) is 12.2 Å². The molecular weight excluding hydrogens is 396 g/mol. The van der Waals surface area contributed by atoms with Crippen molar-refractivity contribution >= 4 is 11.9 Å². The second kappa shape index (κ2) is 9.14. The number of esters is 2. The minimum atomic E-state index is -0.674. The number of aromatic nitrogens is 2. The average Bonchev–Trinajstić information content (AvgIpc) is 3.55. The van der Waals surface area contributed by atoms with Crippen molar-refractivity contribution in [2.75, 3.05) is 20.8 Å². The van der Waals surface area contributed by atoms with Crippen molar-refractivity contribution in [2.24, 2.45) is 5.92 Å². The van der Waals surface area contributed by atoms with Gasteiger partial charge in [0.15, 0.2) is 5.69 Å². The molecule has 7 nitrogen and oxygen atoms in total. The lowest BCUT2D eigenvalue weighted by atomic mass is 10.0. The second-order valence-electron chi connectivity index (χ2n) is 7.46. The molecule has 0 amide bonds. The fourth-order valence-corrected chi connectivity index (χ4v) is 3.39. The Morgan fingerprint density at radius 3 is 2.42 bits per heavy atom. The Morgan fingerprint density at radius 1 is 1.00 bits per heavy atom. The third kappa shape index (κ3) is 4.51. The van der Waals surface area contributed by atoms with Crippen LogP contribution in [0.4, 0.5) is 0 Å². The van der Waals surface area contributed by atoms with E-state index in [9.17, 15) is 9.59 Å². The van der Waals surface area contributed by atoms with Crippen molar-refractivity contribution < 1.29 is 23.8 Å². The second-order valence-corrected chi connectivity index (χ2v) is 7.46. The molecular formula is C24H24N2O5. The van der Waals surface area contributed by atoms with E-state index in [2.05, 4.69) is 5.10 Å². The van der Waals surface area contributed by atoms with Gasteiger partial charge in [-0.1, -0.05) is 36.4 Å². The van der Waals surface area contributed by atoms with E-state index in [4.69, 9.17) is 14.2 Å². The van der Waals surface area contributed by atoms with Gasteiger partial charge in [-0.15, -0.1) is 0 Å². The number of ether oxygens (including phenoxy) is 3. The van der Waals surface area contributed by atoms with Crippen LogP contribution in [-0.4, -0.2) is 42.5 Å². The lowest BCUT2D eigenvalue weighted by Crippen LogP contribution is -2.15. The molecule has 1 aromatic heterocycles. The molecule has 1 saturated carbocycles. The van der Waals surface area contributed by atoms with Crippen LogP contribution in [0.2, 0.25) is 0 Å². The maximum Gasteiger partial charge on any atom is 0.357 e. The Labute approximate surface area is 180 Å². The standard InChI is InChI=1S/C24H24N2O5/c1-29-23(27)20-21(18-8-6-7-17(13-18)15-31-14-16-11-12-16)25-26(22(20)24(28)30-2)19-9-4-3-5-10-19/h3-10,13,16H,11-12,14-15H2,1-2H3. The van der Waals surface area contributed by atoms with Crippen molar-refractivity contribution in [3.63, 3.8) is 0 Å². The summed E-state index contributed by atoms with van der Waals surface area (Å²) in [6.07, 6.45) is 2.46. The van der Waals surface area contributed by atoms with Gasteiger partial charge in [0.1, 0.15) is 11.3 Å². The van der Waals surface area contributed by atoms with Crippen molar-refractivity contribution in [1.29, 1.82) is 0 Å². The van der Waals surface area contributed by atoms with E-state index in [1.54, 1.807) is 12.1 Å². The Balaban J connectivity index is 1.80. The van der Waals surface area contributed by atoms with Crippen molar-refractivity contribution in [2.45, 2.75) is 19.4 Å². The van der Waals surface area contributed by atoms with Gasteiger partial charge in [0.25, 0.3) is 0 Å². The number of carbonyl (C=O) groups excluding carboxylic acids is 2. The van der Waals surface area contributed by atoms with Gasteiger partial charge < -0.3 is 14.2 Å². The predicted octanol–water partition coefficient (Wildman–Crippen LogP) is 4.04. The van der Waals surface area contributed by atoms with Crippen LogP contribution in [0.15, 0.2) is 54.6 Å². The molecule has 0 atom stereocenters. The van der Waals surface area contributed by atoms with E-state index in [0.29, 0.717) is 29.5 Å². The largest absolute Gasteiger partial charge is 0.465 e.